The summed E-state index contributed by atoms with van der Waals surface area (Å²) in [6.07, 6.45) is 0.435. The Kier molecular flexibility index (Phi) is 4.02. The van der Waals surface area contributed by atoms with Crippen LogP contribution in [0, 0.1) is 6.92 Å². The number of hydrogen-bond donors (Lipinski definition) is 0. The molecule has 108 valence electrons. The molecular formula is C18H18O2S. The highest BCUT2D eigenvalue weighted by molar-refractivity contribution is 7.99. The molecule has 0 aromatic heterocycles. The summed E-state index contributed by atoms with van der Waals surface area (Å²) in [7, 11) is 1.65. The normalized spacial score (nSPS) is 16.6. The number of rotatable bonds is 4. The summed E-state index contributed by atoms with van der Waals surface area (Å²) >= 11 is 1.78. The molecule has 1 atom stereocenters. The van der Waals surface area contributed by atoms with Crippen LogP contribution in [0.2, 0.25) is 0 Å². The minimum atomic E-state index is 0.0106. The van der Waals surface area contributed by atoms with Crippen molar-refractivity contribution in [1.29, 1.82) is 0 Å². The van der Waals surface area contributed by atoms with Gasteiger partial charge < -0.3 is 4.74 Å². The molecule has 0 spiro atoms. The molecule has 2 aromatic carbocycles. The Balaban J connectivity index is 1.83. The number of fused-ring (bicyclic) bond motifs is 1. The summed E-state index contributed by atoms with van der Waals surface area (Å²) in [6, 6.07) is 14.2. The molecule has 0 bridgehead atoms. The zero-order valence-electron chi connectivity index (χ0n) is 12.3. The molecule has 1 aliphatic rings. The monoisotopic (exact) mass is 298 g/mol. The fourth-order valence-electron chi connectivity index (χ4n) is 2.79. The third kappa shape index (κ3) is 2.84. The zero-order valence-corrected chi connectivity index (χ0v) is 13.1. The Hall–Kier alpha value is -1.74. The van der Waals surface area contributed by atoms with E-state index in [1.807, 2.05) is 37.3 Å². The van der Waals surface area contributed by atoms with Crippen LogP contribution in [0.25, 0.3) is 0 Å². The second-order valence-corrected chi connectivity index (χ2v) is 6.42. The quantitative estimate of drug-likeness (QED) is 0.853. The summed E-state index contributed by atoms with van der Waals surface area (Å²) in [6.45, 7) is 2.04. The van der Waals surface area contributed by atoms with E-state index in [0.717, 1.165) is 22.6 Å². The maximum atomic E-state index is 12.7. The van der Waals surface area contributed by atoms with E-state index in [-0.39, 0.29) is 11.7 Å². The zero-order chi connectivity index (χ0) is 14.8. The van der Waals surface area contributed by atoms with Crippen molar-refractivity contribution in [3.05, 3.63) is 59.2 Å². The van der Waals surface area contributed by atoms with Crippen LogP contribution in [0.3, 0.4) is 0 Å². The van der Waals surface area contributed by atoms with E-state index in [1.165, 1.54) is 10.5 Å². The van der Waals surface area contributed by atoms with Gasteiger partial charge >= 0.3 is 0 Å². The van der Waals surface area contributed by atoms with Crippen LogP contribution in [0.4, 0.5) is 0 Å². The number of carbonyl (C=O) groups is 1. The Morgan fingerprint density at radius 2 is 2.10 bits per heavy atom. The molecule has 3 rings (SSSR count). The van der Waals surface area contributed by atoms with Gasteiger partial charge in [0.05, 0.1) is 13.0 Å². The van der Waals surface area contributed by atoms with Gasteiger partial charge in [0.25, 0.3) is 0 Å². The molecule has 0 amide bonds. The van der Waals surface area contributed by atoms with E-state index in [4.69, 9.17) is 4.74 Å². The predicted molar refractivity (Wildman–Crippen MR) is 86.3 cm³/mol. The average molecular weight is 298 g/mol. The molecule has 0 radical (unpaired) electrons. The molecule has 0 aliphatic carbocycles. The van der Waals surface area contributed by atoms with Crippen LogP contribution in [-0.2, 0) is 11.2 Å². The van der Waals surface area contributed by atoms with Crippen LogP contribution in [0.5, 0.6) is 5.75 Å². The lowest BCUT2D eigenvalue weighted by atomic mass is 9.92. The van der Waals surface area contributed by atoms with Crippen molar-refractivity contribution in [2.24, 2.45) is 0 Å². The Morgan fingerprint density at radius 3 is 2.90 bits per heavy atom. The first-order valence-corrected chi connectivity index (χ1v) is 8.05. The van der Waals surface area contributed by atoms with Gasteiger partial charge in [-0.05, 0) is 24.6 Å². The minimum Gasteiger partial charge on any atom is -0.496 e. The molecule has 0 fully saturated rings. The first-order valence-electron chi connectivity index (χ1n) is 7.07. The smallest absolute Gasteiger partial charge is 0.145 e. The highest BCUT2D eigenvalue weighted by Crippen LogP contribution is 2.40. The van der Waals surface area contributed by atoms with Crippen molar-refractivity contribution in [1.82, 2.24) is 0 Å². The van der Waals surface area contributed by atoms with E-state index in [9.17, 15) is 4.79 Å². The summed E-state index contributed by atoms with van der Waals surface area (Å²) < 4.78 is 5.38. The topological polar surface area (TPSA) is 26.3 Å². The van der Waals surface area contributed by atoms with Crippen molar-refractivity contribution < 1.29 is 9.53 Å². The van der Waals surface area contributed by atoms with E-state index >= 15 is 0 Å². The number of ketones is 1. The van der Waals surface area contributed by atoms with Gasteiger partial charge in [0.1, 0.15) is 11.5 Å². The van der Waals surface area contributed by atoms with Gasteiger partial charge in [0.15, 0.2) is 0 Å². The van der Waals surface area contributed by atoms with Gasteiger partial charge in [-0.1, -0.05) is 35.9 Å². The molecule has 0 N–H and O–H groups in total. The number of thioether (sulfide) groups is 1. The van der Waals surface area contributed by atoms with Gasteiger partial charge in [0.2, 0.25) is 0 Å². The van der Waals surface area contributed by atoms with E-state index in [1.54, 1.807) is 18.9 Å². The Labute approximate surface area is 129 Å². The number of methoxy groups -OCH3 is 1. The number of ether oxygens (including phenoxy) is 1. The lowest BCUT2D eigenvalue weighted by molar-refractivity contribution is -0.119. The number of Topliss-reactive ketones (excluding diaryl/α,β-unsaturated/α-hetero) is 1. The maximum Gasteiger partial charge on any atom is 0.145 e. The van der Waals surface area contributed by atoms with Crippen molar-refractivity contribution in [3.8, 4) is 5.75 Å². The molecule has 0 saturated carbocycles. The first-order chi connectivity index (χ1) is 10.2. The lowest BCUT2D eigenvalue weighted by Crippen LogP contribution is -2.15. The molecule has 3 heteroatoms. The SMILES string of the molecule is COc1ccc(C)cc1CC(=O)C1CSc2ccccc21. The largest absolute Gasteiger partial charge is 0.496 e. The van der Waals surface area contributed by atoms with Crippen molar-refractivity contribution >= 4 is 17.5 Å². The van der Waals surface area contributed by atoms with Gasteiger partial charge in [-0.2, -0.15) is 0 Å². The summed E-state index contributed by atoms with van der Waals surface area (Å²) in [5, 5.41) is 0. The first kappa shape index (κ1) is 14.2. The molecular weight excluding hydrogens is 280 g/mol. The minimum absolute atomic E-state index is 0.0106. The Bertz CT molecular complexity index is 679. The molecule has 0 saturated heterocycles. The average Bonchev–Trinajstić information content (AvgIpc) is 2.91. The van der Waals surface area contributed by atoms with Crippen LogP contribution in [-0.4, -0.2) is 18.6 Å². The lowest BCUT2D eigenvalue weighted by Gasteiger charge is -2.12. The van der Waals surface area contributed by atoms with Crippen molar-refractivity contribution in [2.45, 2.75) is 24.2 Å². The number of carbonyl (C=O) groups excluding carboxylic acids is 1. The highest BCUT2D eigenvalue weighted by atomic mass is 32.2. The van der Waals surface area contributed by atoms with E-state index in [0.29, 0.717) is 6.42 Å². The summed E-state index contributed by atoms with van der Waals surface area (Å²) in [5.74, 6) is 1.94. The molecule has 2 nitrogen and oxygen atoms in total. The summed E-state index contributed by atoms with van der Waals surface area (Å²) in [4.78, 5) is 13.9. The second kappa shape index (κ2) is 5.94. The third-order valence-electron chi connectivity index (χ3n) is 3.89. The highest BCUT2D eigenvalue weighted by Gasteiger charge is 2.29. The number of benzene rings is 2. The van der Waals surface area contributed by atoms with E-state index in [2.05, 4.69) is 12.1 Å². The molecule has 1 heterocycles. The molecule has 21 heavy (non-hydrogen) atoms. The fourth-order valence-corrected chi connectivity index (χ4v) is 4.05. The number of aryl methyl sites for hydroxylation is 1. The van der Waals surface area contributed by atoms with Crippen LogP contribution in [0.15, 0.2) is 47.4 Å². The third-order valence-corrected chi connectivity index (χ3v) is 5.07. The van der Waals surface area contributed by atoms with Gasteiger partial charge in [-0.3, -0.25) is 4.79 Å². The predicted octanol–water partition coefficient (Wildman–Crippen LogP) is 4.00. The Morgan fingerprint density at radius 1 is 1.29 bits per heavy atom. The molecule has 2 aromatic rings. The van der Waals surface area contributed by atoms with Crippen molar-refractivity contribution in [3.63, 3.8) is 0 Å². The second-order valence-electron chi connectivity index (χ2n) is 5.36. The van der Waals surface area contributed by atoms with Crippen molar-refractivity contribution in [2.75, 3.05) is 12.9 Å². The molecule has 1 aliphatic heterocycles. The fraction of sp³-hybridized carbons (Fsp3) is 0.278. The number of hydrogen-bond acceptors (Lipinski definition) is 3. The van der Waals surface area contributed by atoms with Gasteiger partial charge in [-0.25, -0.2) is 0 Å². The molecule has 1 unspecified atom stereocenters. The van der Waals surface area contributed by atoms with Gasteiger partial charge in [-0.15, -0.1) is 11.8 Å². The van der Waals surface area contributed by atoms with Gasteiger partial charge in [0, 0.05) is 22.6 Å². The van der Waals surface area contributed by atoms with Crippen LogP contribution < -0.4 is 4.74 Å². The van der Waals surface area contributed by atoms with Crippen LogP contribution in [0.1, 0.15) is 22.6 Å². The maximum absolute atomic E-state index is 12.7. The van der Waals surface area contributed by atoms with E-state index < -0.39 is 0 Å². The summed E-state index contributed by atoms with van der Waals surface area (Å²) in [5.41, 5.74) is 3.32. The standard InChI is InChI=1S/C18H18O2S/c1-12-7-8-17(20-2)13(9-12)10-16(19)15-11-21-18-6-4-3-5-14(15)18/h3-9,15H,10-11H2,1-2H3. The van der Waals surface area contributed by atoms with Crippen LogP contribution >= 0.6 is 11.8 Å².